The van der Waals surface area contributed by atoms with E-state index in [2.05, 4.69) is 10.2 Å². The van der Waals surface area contributed by atoms with E-state index in [0.717, 1.165) is 16.6 Å². The average Bonchev–Trinajstić information content (AvgIpc) is 2.93. The number of fused-ring (bicyclic) bond motifs is 1. The molecule has 0 fully saturated rings. The molecular weight excluding hydrogens is 334 g/mol. The van der Waals surface area contributed by atoms with Crippen LogP contribution in [0.25, 0.3) is 16.6 Å². The number of aromatic nitrogens is 1. The Kier molecular flexibility index (Phi) is 3.96. The van der Waals surface area contributed by atoms with Gasteiger partial charge in [0.25, 0.3) is 0 Å². The van der Waals surface area contributed by atoms with Gasteiger partial charge in [-0.15, -0.1) is 5.11 Å². The van der Waals surface area contributed by atoms with Gasteiger partial charge in [0.15, 0.2) is 5.69 Å². The van der Waals surface area contributed by atoms with E-state index in [0.29, 0.717) is 16.4 Å². The molecule has 0 saturated heterocycles. The predicted molar refractivity (Wildman–Crippen MR) is 101 cm³/mol. The molecular formula is C20H14ClN3O. The summed E-state index contributed by atoms with van der Waals surface area (Å²) in [5, 5.41) is 20.8. The minimum Gasteiger partial charge on any atom is -0.493 e. The summed E-state index contributed by atoms with van der Waals surface area (Å²) in [5.41, 5.74) is 2.84. The van der Waals surface area contributed by atoms with Crippen molar-refractivity contribution in [2.75, 3.05) is 0 Å². The molecule has 25 heavy (non-hydrogen) atoms. The monoisotopic (exact) mass is 347 g/mol. The molecule has 0 saturated carbocycles. The molecule has 0 atom stereocenters. The molecule has 3 aromatic carbocycles. The van der Waals surface area contributed by atoms with E-state index in [9.17, 15) is 5.11 Å². The van der Waals surface area contributed by atoms with Crippen molar-refractivity contribution >= 4 is 33.9 Å². The van der Waals surface area contributed by atoms with Gasteiger partial charge in [-0.3, -0.25) is 4.57 Å². The lowest BCUT2D eigenvalue weighted by Gasteiger charge is -2.06. The number of benzene rings is 3. The van der Waals surface area contributed by atoms with Crippen LogP contribution in [0.4, 0.5) is 11.4 Å². The van der Waals surface area contributed by atoms with Crippen LogP contribution in [-0.2, 0) is 0 Å². The summed E-state index contributed by atoms with van der Waals surface area (Å²) in [4.78, 5) is 0. The van der Waals surface area contributed by atoms with Crippen molar-refractivity contribution in [3.8, 4) is 11.6 Å². The number of azo groups is 1. The SMILES string of the molecule is Oc1c(N=Nc2ccc(Cl)cc2)c2ccccc2n1-c1ccccc1. The van der Waals surface area contributed by atoms with Crippen molar-refractivity contribution < 1.29 is 5.11 Å². The number of rotatable bonds is 3. The molecule has 0 aliphatic rings. The minimum atomic E-state index is 0.0603. The van der Waals surface area contributed by atoms with Crippen LogP contribution in [0.5, 0.6) is 5.88 Å². The van der Waals surface area contributed by atoms with Gasteiger partial charge in [0.1, 0.15) is 0 Å². The van der Waals surface area contributed by atoms with E-state index in [4.69, 9.17) is 11.6 Å². The molecule has 4 nitrogen and oxygen atoms in total. The first-order valence-electron chi connectivity index (χ1n) is 7.79. The van der Waals surface area contributed by atoms with Crippen molar-refractivity contribution in [1.82, 2.24) is 4.57 Å². The minimum absolute atomic E-state index is 0.0603. The second-order valence-corrected chi connectivity index (χ2v) is 5.97. The number of nitrogens with zero attached hydrogens (tertiary/aromatic N) is 3. The van der Waals surface area contributed by atoms with Crippen LogP contribution in [0.3, 0.4) is 0 Å². The average molecular weight is 348 g/mol. The summed E-state index contributed by atoms with van der Waals surface area (Å²) >= 11 is 5.89. The standard InChI is InChI=1S/C20H14ClN3O/c21-14-10-12-15(13-11-14)22-23-19-17-8-4-5-9-18(17)24(20(19)25)16-6-2-1-3-7-16/h1-13,25H. The Balaban J connectivity index is 1.87. The quantitative estimate of drug-likeness (QED) is 0.428. The molecule has 0 aliphatic heterocycles. The van der Waals surface area contributed by atoms with Crippen LogP contribution in [0, 0.1) is 0 Å². The fourth-order valence-electron chi connectivity index (χ4n) is 2.76. The van der Waals surface area contributed by atoms with Gasteiger partial charge >= 0.3 is 0 Å². The van der Waals surface area contributed by atoms with Crippen LogP contribution in [0.15, 0.2) is 89.1 Å². The maximum Gasteiger partial charge on any atom is 0.225 e. The highest BCUT2D eigenvalue weighted by molar-refractivity contribution is 6.30. The molecule has 1 aromatic heterocycles. The van der Waals surface area contributed by atoms with Gasteiger partial charge in [-0.2, -0.15) is 5.11 Å². The number of hydrogen-bond acceptors (Lipinski definition) is 3. The lowest BCUT2D eigenvalue weighted by Crippen LogP contribution is -1.91. The van der Waals surface area contributed by atoms with Crippen LogP contribution >= 0.6 is 11.6 Å². The normalized spacial score (nSPS) is 11.4. The molecule has 4 rings (SSSR count). The molecule has 5 heteroatoms. The Morgan fingerprint density at radius 3 is 2.20 bits per heavy atom. The number of para-hydroxylation sites is 2. The molecule has 0 spiro atoms. The molecule has 0 bridgehead atoms. The lowest BCUT2D eigenvalue weighted by molar-refractivity contribution is 0.446. The number of aromatic hydroxyl groups is 1. The predicted octanol–water partition coefficient (Wildman–Crippen LogP) is 6.40. The second kappa shape index (κ2) is 6.42. The van der Waals surface area contributed by atoms with Crippen molar-refractivity contribution in [3.05, 3.63) is 83.9 Å². The smallest absolute Gasteiger partial charge is 0.225 e. The highest BCUT2D eigenvalue weighted by Crippen LogP contribution is 2.41. The molecule has 4 aromatic rings. The van der Waals surface area contributed by atoms with E-state index >= 15 is 0 Å². The van der Waals surface area contributed by atoms with E-state index in [-0.39, 0.29) is 5.88 Å². The maximum atomic E-state index is 10.8. The van der Waals surface area contributed by atoms with Gasteiger partial charge in [-0.1, -0.05) is 48.0 Å². The van der Waals surface area contributed by atoms with Crippen LogP contribution in [-0.4, -0.2) is 9.67 Å². The number of hydrogen-bond donors (Lipinski definition) is 1. The Hall–Kier alpha value is -3.11. The first-order chi connectivity index (χ1) is 12.2. The largest absolute Gasteiger partial charge is 0.493 e. The first-order valence-corrected chi connectivity index (χ1v) is 8.17. The molecule has 1 heterocycles. The van der Waals surface area contributed by atoms with Crippen molar-refractivity contribution in [1.29, 1.82) is 0 Å². The molecule has 0 radical (unpaired) electrons. The fraction of sp³-hybridized carbons (Fsp3) is 0. The van der Waals surface area contributed by atoms with Crippen LogP contribution in [0.1, 0.15) is 0 Å². The summed E-state index contributed by atoms with van der Waals surface area (Å²) in [6.07, 6.45) is 0. The van der Waals surface area contributed by atoms with Crippen molar-refractivity contribution in [2.24, 2.45) is 10.2 Å². The summed E-state index contributed by atoms with van der Waals surface area (Å²) in [6.45, 7) is 0. The Morgan fingerprint density at radius 2 is 1.44 bits per heavy atom. The van der Waals surface area contributed by atoms with Gasteiger partial charge in [0.05, 0.1) is 11.2 Å². The van der Waals surface area contributed by atoms with Gasteiger partial charge in [-0.05, 0) is 42.5 Å². The molecule has 0 amide bonds. The van der Waals surface area contributed by atoms with Crippen LogP contribution in [0.2, 0.25) is 5.02 Å². The van der Waals surface area contributed by atoms with Crippen molar-refractivity contribution in [3.63, 3.8) is 0 Å². The number of halogens is 1. The molecule has 122 valence electrons. The summed E-state index contributed by atoms with van der Waals surface area (Å²) < 4.78 is 1.77. The maximum absolute atomic E-state index is 10.8. The Morgan fingerprint density at radius 1 is 0.760 bits per heavy atom. The zero-order chi connectivity index (χ0) is 17.2. The summed E-state index contributed by atoms with van der Waals surface area (Å²) in [7, 11) is 0. The topological polar surface area (TPSA) is 49.9 Å². The molecule has 0 aliphatic carbocycles. The van der Waals surface area contributed by atoms with Crippen molar-refractivity contribution in [2.45, 2.75) is 0 Å². The van der Waals surface area contributed by atoms with Gasteiger partial charge < -0.3 is 5.11 Å². The lowest BCUT2D eigenvalue weighted by atomic mass is 10.2. The second-order valence-electron chi connectivity index (χ2n) is 5.54. The Labute approximate surface area is 149 Å². The van der Waals surface area contributed by atoms with E-state index in [1.165, 1.54) is 0 Å². The van der Waals surface area contributed by atoms with E-state index in [1.807, 2.05) is 54.6 Å². The van der Waals surface area contributed by atoms with E-state index < -0.39 is 0 Å². The zero-order valence-corrected chi connectivity index (χ0v) is 13.9. The fourth-order valence-corrected chi connectivity index (χ4v) is 2.89. The van der Waals surface area contributed by atoms with E-state index in [1.54, 1.807) is 28.8 Å². The summed E-state index contributed by atoms with van der Waals surface area (Å²) in [5.74, 6) is 0.0603. The van der Waals surface area contributed by atoms with Crippen LogP contribution < -0.4 is 0 Å². The Bertz CT molecular complexity index is 1050. The third-order valence-corrected chi connectivity index (χ3v) is 4.18. The highest BCUT2D eigenvalue weighted by Gasteiger charge is 2.17. The zero-order valence-electron chi connectivity index (χ0n) is 13.2. The summed E-state index contributed by atoms with van der Waals surface area (Å²) in [6, 6.07) is 24.4. The van der Waals surface area contributed by atoms with Gasteiger partial charge in [0, 0.05) is 16.1 Å². The third kappa shape index (κ3) is 2.88. The first kappa shape index (κ1) is 15.4. The van der Waals surface area contributed by atoms with Gasteiger partial charge in [0.2, 0.25) is 5.88 Å². The molecule has 0 unspecified atom stereocenters. The van der Waals surface area contributed by atoms with Gasteiger partial charge in [-0.25, -0.2) is 0 Å². The third-order valence-electron chi connectivity index (χ3n) is 3.93. The molecule has 1 N–H and O–H groups in total. The highest BCUT2D eigenvalue weighted by atomic mass is 35.5.